The molecule has 1 aliphatic rings. The molecule has 0 spiro atoms. The minimum Gasteiger partial charge on any atom is -0.496 e. The van der Waals surface area contributed by atoms with Crippen LogP contribution in [0, 0.1) is 5.92 Å². The number of methoxy groups -OCH3 is 2. The van der Waals surface area contributed by atoms with Gasteiger partial charge in [0.25, 0.3) is 0 Å². The Labute approximate surface area is 157 Å². The van der Waals surface area contributed by atoms with Crippen molar-refractivity contribution in [3.8, 4) is 11.5 Å². The van der Waals surface area contributed by atoms with E-state index in [1.54, 1.807) is 14.2 Å². The van der Waals surface area contributed by atoms with Crippen LogP contribution in [0.25, 0.3) is 0 Å². The highest BCUT2D eigenvalue weighted by Crippen LogP contribution is 2.39. The van der Waals surface area contributed by atoms with Crippen LogP contribution in [0.1, 0.15) is 37.0 Å². The second kappa shape index (κ2) is 8.59. The lowest BCUT2D eigenvalue weighted by Crippen LogP contribution is -2.44. The molecule has 0 amide bonds. The van der Waals surface area contributed by atoms with Crippen molar-refractivity contribution in [2.75, 3.05) is 20.8 Å². The predicted molar refractivity (Wildman–Crippen MR) is 107 cm³/mol. The zero-order valence-corrected chi connectivity index (χ0v) is 16.5. The molecule has 0 heterocycles. The van der Waals surface area contributed by atoms with Gasteiger partial charge in [-0.15, -0.1) is 0 Å². The van der Waals surface area contributed by atoms with Crippen molar-refractivity contribution >= 4 is 0 Å². The molecule has 0 fully saturated rings. The normalized spacial score (nSPS) is 19.3. The summed E-state index contributed by atoms with van der Waals surface area (Å²) in [5.41, 5.74) is 4.03. The van der Waals surface area contributed by atoms with Crippen molar-refractivity contribution in [3.63, 3.8) is 0 Å². The van der Waals surface area contributed by atoms with Crippen molar-refractivity contribution in [3.05, 3.63) is 59.2 Å². The summed E-state index contributed by atoms with van der Waals surface area (Å²) in [4.78, 5) is 2.65. The summed E-state index contributed by atoms with van der Waals surface area (Å²) < 4.78 is 11.3. The van der Waals surface area contributed by atoms with Crippen LogP contribution in [-0.4, -0.2) is 31.7 Å². The highest BCUT2D eigenvalue weighted by molar-refractivity contribution is 5.50. The van der Waals surface area contributed by atoms with E-state index in [-0.39, 0.29) is 0 Å². The minimum absolute atomic E-state index is 0.517. The summed E-state index contributed by atoms with van der Waals surface area (Å²) in [6.07, 6.45) is 3.22. The second-order valence-electron chi connectivity index (χ2n) is 7.34. The third kappa shape index (κ3) is 3.88. The van der Waals surface area contributed by atoms with Crippen LogP contribution < -0.4 is 9.47 Å². The summed E-state index contributed by atoms with van der Waals surface area (Å²) in [5, 5.41) is 0. The van der Waals surface area contributed by atoms with Crippen LogP contribution in [0.4, 0.5) is 0 Å². The lowest BCUT2D eigenvalue weighted by Gasteiger charge is -2.40. The average molecular weight is 354 g/mol. The van der Waals surface area contributed by atoms with Gasteiger partial charge in [0.05, 0.1) is 14.2 Å². The fourth-order valence-electron chi connectivity index (χ4n) is 4.30. The fraction of sp³-hybridized carbons (Fsp3) is 0.478. The van der Waals surface area contributed by atoms with E-state index in [0.717, 1.165) is 43.9 Å². The topological polar surface area (TPSA) is 21.7 Å². The Bertz CT molecular complexity index is 714. The van der Waals surface area contributed by atoms with Gasteiger partial charge in [-0.05, 0) is 49.4 Å². The Morgan fingerprint density at radius 3 is 2.12 bits per heavy atom. The van der Waals surface area contributed by atoms with Crippen LogP contribution in [0.5, 0.6) is 11.5 Å². The standard InChI is InChI=1S/C23H31NO2/c1-5-13-24(16-18-9-7-6-8-10-18)21-15-20-19(14-17(21)2)22(25-3)11-12-23(20)26-4/h6-12,17,21H,5,13-16H2,1-4H3. The van der Waals surface area contributed by atoms with Gasteiger partial charge < -0.3 is 9.47 Å². The van der Waals surface area contributed by atoms with E-state index in [0.29, 0.717) is 12.0 Å². The molecule has 1 aliphatic carbocycles. The van der Waals surface area contributed by atoms with Gasteiger partial charge in [-0.1, -0.05) is 44.2 Å². The van der Waals surface area contributed by atoms with Gasteiger partial charge in [0.2, 0.25) is 0 Å². The molecule has 3 heteroatoms. The van der Waals surface area contributed by atoms with Gasteiger partial charge in [0, 0.05) is 23.7 Å². The Hall–Kier alpha value is -2.00. The van der Waals surface area contributed by atoms with E-state index >= 15 is 0 Å². The SMILES string of the molecule is CCCN(Cc1ccccc1)C1Cc2c(OC)ccc(OC)c2CC1C. The van der Waals surface area contributed by atoms with Crippen LogP contribution in [0.15, 0.2) is 42.5 Å². The van der Waals surface area contributed by atoms with Crippen LogP contribution in [0.2, 0.25) is 0 Å². The summed E-state index contributed by atoms with van der Waals surface area (Å²) in [6, 6.07) is 15.4. The van der Waals surface area contributed by atoms with Gasteiger partial charge in [-0.3, -0.25) is 4.90 Å². The first-order valence-electron chi connectivity index (χ1n) is 9.68. The molecule has 2 aromatic rings. The van der Waals surface area contributed by atoms with Crippen LogP contribution >= 0.6 is 0 Å². The predicted octanol–water partition coefficient (Wildman–Crippen LogP) is 4.72. The first-order chi connectivity index (χ1) is 12.7. The molecule has 0 bridgehead atoms. The van der Waals surface area contributed by atoms with Gasteiger partial charge in [-0.2, -0.15) is 0 Å². The maximum absolute atomic E-state index is 5.68. The van der Waals surface area contributed by atoms with E-state index in [9.17, 15) is 0 Å². The number of benzene rings is 2. The van der Waals surface area contributed by atoms with Gasteiger partial charge in [-0.25, -0.2) is 0 Å². The van der Waals surface area contributed by atoms with Gasteiger partial charge >= 0.3 is 0 Å². The molecule has 0 aromatic heterocycles. The molecule has 2 unspecified atom stereocenters. The lowest BCUT2D eigenvalue weighted by molar-refractivity contribution is 0.129. The molecule has 3 rings (SSSR count). The molecule has 0 aliphatic heterocycles. The molecule has 2 aromatic carbocycles. The molecule has 0 saturated carbocycles. The molecule has 140 valence electrons. The van der Waals surface area contributed by atoms with Crippen LogP contribution in [0.3, 0.4) is 0 Å². The Balaban J connectivity index is 1.90. The largest absolute Gasteiger partial charge is 0.496 e. The van der Waals surface area contributed by atoms with Gasteiger partial charge in [0.15, 0.2) is 0 Å². The molecule has 2 atom stereocenters. The van der Waals surface area contributed by atoms with E-state index in [1.807, 2.05) is 12.1 Å². The summed E-state index contributed by atoms with van der Waals surface area (Å²) in [6.45, 7) is 6.76. The Morgan fingerprint density at radius 2 is 1.54 bits per heavy atom. The number of nitrogens with zero attached hydrogens (tertiary/aromatic N) is 1. The van der Waals surface area contributed by atoms with Gasteiger partial charge in [0.1, 0.15) is 11.5 Å². The first kappa shape index (κ1) is 18.8. The third-order valence-electron chi connectivity index (χ3n) is 5.59. The molecule has 0 radical (unpaired) electrons. The lowest BCUT2D eigenvalue weighted by atomic mass is 9.79. The zero-order valence-electron chi connectivity index (χ0n) is 16.5. The highest BCUT2D eigenvalue weighted by atomic mass is 16.5. The van der Waals surface area contributed by atoms with Crippen molar-refractivity contribution in [2.45, 2.75) is 45.7 Å². The van der Waals surface area contributed by atoms with E-state index in [2.05, 4.69) is 49.1 Å². The molecule has 0 N–H and O–H groups in total. The molecule has 0 saturated heterocycles. The number of hydrogen-bond donors (Lipinski definition) is 0. The summed E-state index contributed by atoms with van der Waals surface area (Å²) in [5.74, 6) is 2.57. The fourth-order valence-corrected chi connectivity index (χ4v) is 4.30. The number of fused-ring (bicyclic) bond motifs is 1. The van der Waals surface area contributed by atoms with E-state index in [1.165, 1.54) is 16.7 Å². The first-order valence-corrected chi connectivity index (χ1v) is 9.68. The second-order valence-corrected chi connectivity index (χ2v) is 7.34. The monoisotopic (exact) mass is 353 g/mol. The van der Waals surface area contributed by atoms with Crippen molar-refractivity contribution < 1.29 is 9.47 Å². The van der Waals surface area contributed by atoms with Crippen molar-refractivity contribution in [2.24, 2.45) is 5.92 Å². The summed E-state index contributed by atoms with van der Waals surface area (Å²) >= 11 is 0. The van der Waals surface area contributed by atoms with Crippen LogP contribution in [-0.2, 0) is 19.4 Å². The third-order valence-corrected chi connectivity index (χ3v) is 5.59. The molecular formula is C23H31NO2. The number of ether oxygens (including phenoxy) is 2. The highest BCUT2D eigenvalue weighted by Gasteiger charge is 2.33. The molecule has 26 heavy (non-hydrogen) atoms. The van der Waals surface area contributed by atoms with E-state index < -0.39 is 0 Å². The zero-order chi connectivity index (χ0) is 18.5. The van der Waals surface area contributed by atoms with Crippen molar-refractivity contribution in [1.82, 2.24) is 4.90 Å². The minimum atomic E-state index is 0.517. The number of hydrogen-bond acceptors (Lipinski definition) is 3. The van der Waals surface area contributed by atoms with Crippen molar-refractivity contribution in [1.29, 1.82) is 0 Å². The maximum atomic E-state index is 5.68. The quantitative estimate of drug-likeness (QED) is 0.719. The maximum Gasteiger partial charge on any atom is 0.122 e. The number of rotatable bonds is 7. The molecular weight excluding hydrogens is 322 g/mol. The Morgan fingerprint density at radius 1 is 0.923 bits per heavy atom. The molecule has 3 nitrogen and oxygen atoms in total. The Kier molecular flexibility index (Phi) is 6.20. The summed E-state index contributed by atoms with van der Waals surface area (Å²) in [7, 11) is 3.53. The smallest absolute Gasteiger partial charge is 0.122 e. The van der Waals surface area contributed by atoms with E-state index in [4.69, 9.17) is 9.47 Å². The average Bonchev–Trinajstić information content (AvgIpc) is 2.67.